The van der Waals surface area contributed by atoms with Gasteiger partial charge in [0.2, 0.25) is 5.91 Å². The average molecular weight is 285 g/mol. The summed E-state index contributed by atoms with van der Waals surface area (Å²) in [5.41, 5.74) is 0. The Balaban J connectivity index is 2.12. The number of nitrogens with zero attached hydrogens (tertiary/aromatic N) is 1. The third-order valence-electron chi connectivity index (χ3n) is 4.14. The largest absolute Gasteiger partial charge is 0.383 e. The van der Waals surface area contributed by atoms with Gasteiger partial charge in [0.15, 0.2) is 0 Å². The van der Waals surface area contributed by atoms with Crippen molar-refractivity contribution in [1.82, 2.24) is 15.5 Å². The van der Waals surface area contributed by atoms with Gasteiger partial charge >= 0.3 is 0 Å². The van der Waals surface area contributed by atoms with E-state index in [9.17, 15) is 4.79 Å². The van der Waals surface area contributed by atoms with Crippen LogP contribution in [0.1, 0.15) is 33.1 Å². The van der Waals surface area contributed by atoms with Crippen molar-refractivity contribution < 1.29 is 9.53 Å². The lowest BCUT2D eigenvalue weighted by atomic mass is 9.91. The zero-order valence-corrected chi connectivity index (χ0v) is 13.3. The zero-order valence-electron chi connectivity index (χ0n) is 13.3. The Bertz CT molecular complexity index is 274. The molecule has 0 aliphatic carbocycles. The summed E-state index contributed by atoms with van der Waals surface area (Å²) in [7, 11) is 1.64. The van der Waals surface area contributed by atoms with Crippen LogP contribution in [0.4, 0.5) is 0 Å². The number of hydrogen-bond acceptors (Lipinski definition) is 4. The summed E-state index contributed by atoms with van der Waals surface area (Å²) in [5, 5.41) is 6.34. The molecule has 0 saturated carbocycles. The molecule has 0 bridgehead atoms. The normalized spacial score (nSPS) is 21.6. The lowest BCUT2D eigenvalue weighted by Gasteiger charge is -2.35. The molecule has 0 radical (unpaired) electrons. The number of nitrogens with one attached hydrogen (secondary N) is 2. The maximum Gasteiger partial charge on any atom is 0.221 e. The van der Waals surface area contributed by atoms with E-state index in [1.165, 1.54) is 25.9 Å². The molecule has 1 heterocycles. The highest BCUT2D eigenvalue weighted by Crippen LogP contribution is 2.19. The molecule has 1 amide bonds. The highest BCUT2D eigenvalue weighted by atomic mass is 16.5. The maximum absolute atomic E-state index is 11.6. The summed E-state index contributed by atoms with van der Waals surface area (Å²) >= 11 is 0. The zero-order chi connectivity index (χ0) is 14.8. The van der Waals surface area contributed by atoms with Crippen molar-refractivity contribution in [2.75, 3.05) is 46.4 Å². The summed E-state index contributed by atoms with van der Waals surface area (Å²) < 4.78 is 4.90. The summed E-state index contributed by atoms with van der Waals surface area (Å²) in [6, 6.07) is 0.483. The van der Waals surface area contributed by atoms with E-state index in [-0.39, 0.29) is 5.91 Å². The van der Waals surface area contributed by atoms with Crippen LogP contribution in [-0.4, -0.2) is 63.3 Å². The molecule has 0 spiro atoms. The third kappa shape index (κ3) is 6.68. The number of likely N-dealkylation sites (tertiary alicyclic amines) is 1. The molecular formula is C15H31N3O2. The van der Waals surface area contributed by atoms with E-state index in [1.54, 1.807) is 7.11 Å². The van der Waals surface area contributed by atoms with Crippen LogP contribution in [0, 0.1) is 5.92 Å². The second-order valence-electron chi connectivity index (χ2n) is 5.63. The van der Waals surface area contributed by atoms with E-state index in [0.29, 0.717) is 31.5 Å². The van der Waals surface area contributed by atoms with Gasteiger partial charge in [0.1, 0.15) is 0 Å². The molecule has 1 saturated heterocycles. The van der Waals surface area contributed by atoms with Crippen LogP contribution in [-0.2, 0) is 9.53 Å². The first-order valence-corrected chi connectivity index (χ1v) is 7.88. The Kier molecular flexibility index (Phi) is 8.82. The first kappa shape index (κ1) is 17.4. The smallest absolute Gasteiger partial charge is 0.221 e. The Morgan fingerprint density at radius 2 is 2.25 bits per heavy atom. The van der Waals surface area contributed by atoms with Crippen LogP contribution in [0.25, 0.3) is 0 Å². The van der Waals surface area contributed by atoms with Crippen LogP contribution in [0.2, 0.25) is 0 Å². The number of hydrogen-bond donors (Lipinski definition) is 2. The third-order valence-corrected chi connectivity index (χ3v) is 4.14. The van der Waals surface area contributed by atoms with Gasteiger partial charge in [-0.25, -0.2) is 0 Å². The summed E-state index contributed by atoms with van der Waals surface area (Å²) in [6.45, 7) is 9.96. The van der Waals surface area contributed by atoms with E-state index in [1.807, 2.05) is 0 Å². The molecular weight excluding hydrogens is 254 g/mol. The number of carbonyl (C=O) groups excluding carboxylic acids is 1. The minimum Gasteiger partial charge on any atom is -0.383 e. The summed E-state index contributed by atoms with van der Waals surface area (Å²) in [5.74, 6) is 0.806. The second-order valence-corrected chi connectivity index (χ2v) is 5.63. The maximum atomic E-state index is 11.6. The van der Waals surface area contributed by atoms with Gasteiger partial charge in [-0.3, -0.25) is 4.79 Å². The van der Waals surface area contributed by atoms with E-state index >= 15 is 0 Å². The van der Waals surface area contributed by atoms with Crippen molar-refractivity contribution in [3.8, 4) is 0 Å². The topological polar surface area (TPSA) is 53.6 Å². The number of amides is 1. The summed E-state index contributed by atoms with van der Waals surface area (Å²) in [6.07, 6.45) is 3.13. The van der Waals surface area contributed by atoms with Crippen molar-refractivity contribution in [2.45, 2.75) is 39.2 Å². The van der Waals surface area contributed by atoms with E-state index in [2.05, 4.69) is 29.4 Å². The standard InChI is InChI=1S/C15H31N3O2/c1-4-18-10-5-6-14(12-18)13(2)16-8-7-15(19)17-9-11-20-3/h13-14,16H,4-12H2,1-3H3,(H,17,19). The lowest BCUT2D eigenvalue weighted by molar-refractivity contribution is -0.121. The first-order chi connectivity index (χ1) is 9.67. The number of methoxy groups -OCH3 is 1. The SMILES string of the molecule is CCN1CCCC(C(C)NCCC(=O)NCCOC)C1. The molecule has 0 aromatic heterocycles. The predicted molar refractivity (Wildman–Crippen MR) is 81.8 cm³/mol. The Morgan fingerprint density at radius 1 is 1.45 bits per heavy atom. The number of rotatable bonds is 9. The molecule has 1 rings (SSSR count). The van der Waals surface area contributed by atoms with Crippen molar-refractivity contribution in [3.63, 3.8) is 0 Å². The predicted octanol–water partition coefficient (Wildman–Crippen LogP) is 0.849. The number of ether oxygens (including phenoxy) is 1. The fourth-order valence-electron chi connectivity index (χ4n) is 2.75. The van der Waals surface area contributed by atoms with E-state index < -0.39 is 0 Å². The van der Waals surface area contributed by atoms with Crippen molar-refractivity contribution in [3.05, 3.63) is 0 Å². The van der Waals surface area contributed by atoms with Crippen LogP contribution in [0.5, 0.6) is 0 Å². The molecule has 20 heavy (non-hydrogen) atoms. The van der Waals surface area contributed by atoms with Gasteiger partial charge in [0.05, 0.1) is 6.61 Å². The summed E-state index contributed by atoms with van der Waals surface area (Å²) in [4.78, 5) is 14.1. The fourth-order valence-corrected chi connectivity index (χ4v) is 2.75. The van der Waals surface area contributed by atoms with Gasteiger partial charge in [0.25, 0.3) is 0 Å². The molecule has 1 fully saturated rings. The van der Waals surface area contributed by atoms with Gasteiger partial charge < -0.3 is 20.3 Å². The molecule has 5 heteroatoms. The molecule has 118 valence electrons. The second kappa shape index (κ2) is 10.1. The highest BCUT2D eigenvalue weighted by molar-refractivity contribution is 5.76. The number of carbonyl (C=O) groups is 1. The van der Waals surface area contributed by atoms with Crippen molar-refractivity contribution >= 4 is 5.91 Å². The molecule has 2 atom stereocenters. The lowest BCUT2D eigenvalue weighted by Crippen LogP contribution is -2.45. The highest BCUT2D eigenvalue weighted by Gasteiger charge is 2.23. The van der Waals surface area contributed by atoms with E-state index in [0.717, 1.165) is 13.1 Å². The fraction of sp³-hybridized carbons (Fsp3) is 0.933. The minimum atomic E-state index is 0.0978. The number of piperidine rings is 1. The van der Waals surface area contributed by atoms with Crippen LogP contribution in [0.3, 0.4) is 0 Å². The Hall–Kier alpha value is -0.650. The van der Waals surface area contributed by atoms with Crippen LogP contribution in [0.15, 0.2) is 0 Å². The average Bonchev–Trinajstić information content (AvgIpc) is 2.47. The molecule has 0 aromatic rings. The minimum absolute atomic E-state index is 0.0978. The molecule has 5 nitrogen and oxygen atoms in total. The first-order valence-electron chi connectivity index (χ1n) is 7.88. The van der Waals surface area contributed by atoms with Crippen molar-refractivity contribution in [1.29, 1.82) is 0 Å². The van der Waals surface area contributed by atoms with Crippen LogP contribution < -0.4 is 10.6 Å². The van der Waals surface area contributed by atoms with Gasteiger partial charge in [-0.2, -0.15) is 0 Å². The Labute approximate surface area is 123 Å². The van der Waals surface area contributed by atoms with Crippen LogP contribution >= 0.6 is 0 Å². The van der Waals surface area contributed by atoms with Gasteiger partial charge in [-0.05, 0) is 38.8 Å². The van der Waals surface area contributed by atoms with Gasteiger partial charge in [-0.1, -0.05) is 6.92 Å². The van der Waals surface area contributed by atoms with Crippen molar-refractivity contribution in [2.24, 2.45) is 5.92 Å². The van der Waals surface area contributed by atoms with E-state index in [4.69, 9.17) is 4.74 Å². The molecule has 1 aliphatic heterocycles. The van der Waals surface area contributed by atoms with Gasteiger partial charge in [-0.15, -0.1) is 0 Å². The monoisotopic (exact) mass is 285 g/mol. The quantitative estimate of drug-likeness (QED) is 0.617. The molecule has 2 N–H and O–H groups in total. The van der Waals surface area contributed by atoms with Gasteiger partial charge in [0, 0.05) is 39.2 Å². The Morgan fingerprint density at radius 3 is 2.95 bits per heavy atom. The molecule has 1 aliphatic rings. The molecule has 0 aromatic carbocycles. The molecule has 2 unspecified atom stereocenters.